The number of nitrogens with one attached hydrogen (secondary N) is 1. The van der Waals surface area contributed by atoms with Crippen molar-refractivity contribution < 1.29 is 9.53 Å². The van der Waals surface area contributed by atoms with Crippen molar-refractivity contribution in [2.24, 2.45) is 0 Å². The van der Waals surface area contributed by atoms with E-state index in [-0.39, 0.29) is 11.7 Å². The highest BCUT2D eigenvalue weighted by Gasteiger charge is 2.20. The molecule has 3 aromatic rings. The zero-order valence-electron chi connectivity index (χ0n) is 18.0. The van der Waals surface area contributed by atoms with Crippen molar-refractivity contribution in [3.63, 3.8) is 0 Å². The summed E-state index contributed by atoms with van der Waals surface area (Å²) in [7, 11) is 1.58. The fraction of sp³-hybridized carbons (Fsp3) is 0.348. The number of para-hydroxylation sites is 2. The Morgan fingerprint density at radius 2 is 1.84 bits per heavy atom. The second kappa shape index (κ2) is 10.8. The quantitative estimate of drug-likeness (QED) is 0.482. The Balaban J connectivity index is 1.51. The first-order valence-corrected chi connectivity index (χ1v) is 12.0. The van der Waals surface area contributed by atoms with Crippen molar-refractivity contribution in [2.45, 2.75) is 31.0 Å². The van der Waals surface area contributed by atoms with Gasteiger partial charge >= 0.3 is 0 Å². The number of hydrogen-bond acceptors (Lipinski definition) is 6. The molecule has 0 unspecified atom stereocenters. The molecule has 2 aromatic carbocycles. The summed E-state index contributed by atoms with van der Waals surface area (Å²) in [6.45, 7) is 2.86. The van der Waals surface area contributed by atoms with Crippen molar-refractivity contribution in [1.82, 2.24) is 19.7 Å². The lowest BCUT2D eigenvalue weighted by Gasteiger charge is -2.26. The van der Waals surface area contributed by atoms with E-state index in [4.69, 9.17) is 16.3 Å². The minimum Gasteiger partial charge on any atom is -0.495 e. The lowest BCUT2D eigenvalue weighted by Crippen LogP contribution is -2.30. The van der Waals surface area contributed by atoms with E-state index >= 15 is 0 Å². The van der Waals surface area contributed by atoms with Gasteiger partial charge in [-0.1, -0.05) is 41.9 Å². The maximum Gasteiger partial charge on any atom is 0.234 e. The molecule has 0 atom stereocenters. The number of thioether (sulfide) groups is 1. The number of methoxy groups -OCH3 is 1. The third-order valence-electron chi connectivity index (χ3n) is 5.31. The molecule has 0 bridgehead atoms. The average molecular weight is 472 g/mol. The molecule has 1 N–H and O–H groups in total. The number of carbonyl (C=O) groups is 1. The van der Waals surface area contributed by atoms with E-state index in [1.165, 1.54) is 31.0 Å². The van der Waals surface area contributed by atoms with Gasteiger partial charge in [-0.3, -0.25) is 14.3 Å². The van der Waals surface area contributed by atoms with E-state index in [2.05, 4.69) is 20.4 Å². The Kier molecular flexibility index (Phi) is 7.68. The van der Waals surface area contributed by atoms with E-state index in [1.807, 2.05) is 53.1 Å². The molecule has 32 heavy (non-hydrogen) atoms. The van der Waals surface area contributed by atoms with Gasteiger partial charge in [0.15, 0.2) is 11.0 Å². The van der Waals surface area contributed by atoms with E-state index in [9.17, 15) is 4.79 Å². The van der Waals surface area contributed by atoms with Gasteiger partial charge in [0.05, 0.1) is 25.1 Å². The normalized spacial score (nSPS) is 14.3. The van der Waals surface area contributed by atoms with Crippen LogP contribution in [0.2, 0.25) is 5.02 Å². The molecule has 0 aliphatic carbocycles. The number of piperidine rings is 1. The van der Waals surface area contributed by atoms with Gasteiger partial charge in [0.1, 0.15) is 5.75 Å². The van der Waals surface area contributed by atoms with Crippen LogP contribution >= 0.6 is 23.4 Å². The van der Waals surface area contributed by atoms with Crippen LogP contribution in [0.4, 0.5) is 5.69 Å². The summed E-state index contributed by atoms with van der Waals surface area (Å²) in [6, 6.07) is 14.9. The van der Waals surface area contributed by atoms with E-state index in [0.29, 0.717) is 21.6 Å². The van der Waals surface area contributed by atoms with Crippen LogP contribution in [-0.2, 0) is 11.3 Å². The number of halogens is 1. The van der Waals surface area contributed by atoms with Crippen LogP contribution in [0.1, 0.15) is 25.1 Å². The van der Waals surface area contributed by atoms with E-state index in [1.54, 1.807) is 7.11 Å². The predicted molar refractivity (Wildman–Crippen MR) is 128 cm³/mol. The molecule has 1 saturated heterocycles. The van der Waals surface area contributed by atoms with E-state index in [0.717, 1.165) is 31.1 Å². The van der Waals surface area contributed by atoms with Crippen molar-refractivity contribution in [3.8, 4) is 11.4 Å². The SMILES string of the molecule is COc1ccccc1NC(=O)CSc1nnc(CN2CCCCC2)n1-c1ccc(Cl)cc1. The van der Waals surface area contributed by atoms with Crippen LogP contribution in [0.25, 0.3) is 5.69 Å². The number of ether oxygens (including phenoxy) is 1. The number of likely N-dealkylation sites (tertiary alicyclic amines) is 1. The van der Waals surface area contributed by atoms with Crippen LogP contribution in [-0.4, -0.2) is 51.5 Å². The Labute approximate surface area is 197 Å². The van der Waals surface area contributed by atoms with Gasteiger partial charge in [0, 0.05) is 10.7 Å². The molecule has 1 amide bonds. The third-order valence-corrected chi connectivity index (χ3v) is 6.49. The molecule has 9 heteroatoms. The van der Waals surface area contributed by atoms with Crippen LogP contribution in [0.5, 0.6) is 5.75 Å². The van der Waals surface area contributed by atoms with Crippen molar-refractivity contribution >= 4 is 35.0 Å². The molecule has 1 aliphatic rings. The standard InChI is InChI=1S/C23H26ClN5O2S/c1-31-20-8-4-3-7-19(20)25-22(30)16-32-23-27-26-21(15-28-13-5-2-6-14-28)29(23)18-11-9-17(24)10-12-18/h3-4,7-12H,2,5-6,13-16H2,1H3,(H,25,30). The monoisotopic (exact) mass is 471 g/mol. The molecule has 2 heterocycles. The van der Waals surface area contributed by atoms with Crippen LogP contribution in [0.3, 0.4) is 0 Å². The molecule has 4 rings (SSSR count). The maximum absolute atomic E-state index is 12.6. The Morgan fingerprint density at radius 1 is 1.09 bits per heavy atom. The smallest absolute Gasteiger partial charge is 0.234 e. The summed E-state index contributed by atoms with van der Waals surface area (Å²) >= 11 is 7.45. The molecular weight excluding hydrogens is 446 g/mol. The summed E-state index contributed by atoms with van der Waals surface area (Å²) in [5.41, 5.74) is 1.57. The van der Waals surface area contributed by atoms with Crippen LogP contribution in [0, 0.1) is 0 Å². The number of nitrogens with zero attached hydrogens (tertiary/aromatic N) is 4. The first kappa shape index (κ1) is 22.6. The zero-order valence-corrected chi connectivity index (χ0v) is 19.5. The summed E-state index contributed by atoms with van der Waals surface area (Å²) < 4.78 is 7.33. The van der Waals surface area contributed by atoms with Gasteiger partial charge in [-0.2, -0.15) is 0 Å². The lowest BCUT2D eigenvalue weighted by molar-refractivity contribution is -0.113. The molecule has 1 aromatic heterocycles. The van der Waals surface area contributed by atoms with Gasteiger partial charge in [-0.05, 0) is 62.3 Å². The minimum atomic E-state index is -0.136. The molecule has 1 aliphatic heterocycles. The van der Waals surface area contributed by atoms with Gasteiger partial charge < -0.3 is 10.1 Å². The highest BCUT2D eigenvalue weighted by Crippen LogP contribution is 2.26. The molecule has 1 fully saturated rings. The van der Waals surface area contributed by atoms with Crippen molar-refractivity contribution in [3.05, 3.63) is 59.4 Å². The fourth-order valence-corrected chi connectivity index (χ4v) is 4.62. The first-order chi connectivity index (χ1) is 15.6. The van der Waals surface area contributed by atoms with Crippen LogP contribution in [0.15, 0.2) is 53.7 Å². The summed E-state index contributed by atoms with van der Waals surface area (Å²) in [6.07, 6.45) is 3.70. The molecular formula is C23H26ClN5O2S. The molecule has 0 spiro atoms. The van der Waals surface area contributed by atoms with Gasteiger partial charge in [-0.15, -0.1) is 10.2 Å². The van der Waals surface area contributed by atoms with Gasteiger partial charge in [-0.25, -0.2) is 0 Å². The van der Waals surface area contributed by atoms with Gasteiger partial charge in [0.25, 0.3) is 0 Å². The second-order valence-electron chi connectivity index (χ2n) is 7.58. The Morgan fingerprint density at radius 3 is 2.59 bits per heavy atom. The van der Waals surface area contributed by atoms with E-state index < -0.39 is 0 Å². The van der Waals surface area contributed by atoms with Crippen LogP contribution < -0.4 is 10.1 Å². The highest BCUT2D eigenvalue weighted by atomic mass is 35.5. The van der Waals surface area contributed by atoms with Crippen molar-refractivity contribution in [1.29, 1.82) is 0 Å². The van der Waals surface area contributed by atoms with Crippen molar-refractivity contribution in [2.75, 3.05) is 31.3 Å². The minimum absolute atomic E-state index is 0.136. The number of rotatable bonds is 8. The highest BCUT2D eigenvalue weighted by molar-refractivity contribution is 7.99. The number of hydrogen-bond donors (Lipinski definition) is 1. The first-order valence-electron chi connectivity index (χ1n) is 10.6. The van der Waals surface area contributed by atoms with Gasteiger partial charge in [0.2, 0.25) is 5.91 Å². The molecule has 168 valence electrons. The number of carbonyl (C=O) groups excluding carboxylic acids is 1. The molecule has 7 nitrogen and oxygen atoms in total. The maximum atomic E-state index is 12.6. The predicted octanol–water partition coefficient (Wildman–Crippen LogP) is 4.65. The summed E-state index contributed by atoms with van der Waals surface area (Å²) in [5.74, 6) is 1.55. The fourth-order valence-electron chi connectivity index (χ4n) is 3.73. The Hall–Kier alpha value is -2.55. The number of anilines is 1. The number of benzene rings is 2. The summed E-state index contributed by atoms with van der Waals surface area (Å²) in [4.78, 5) is 15.0. The summed E-state index contributed by atoms with van der Waals surface area (Å²) in [5, 5.41) is 13.1. The molecule has 0 saturated carbocycles. The lowest BCUT2D eigenvalue weighted by atomic mass is 10.1. The largest absolute Gasteiger partial charge is 0.495 e. The topological polar surface area (TPSA) is 72.3 Å². The number of amides is 1. The third kappa shape index (κ3) is 5.62. The Bertz CT molecular complexity index is 1050. The average Bonchev–Trinajstić information content (AvgIpc) is 3.21. The number of aromatic nitrogens is 3. The molecule has 0 radical (unpaired) electrons. The zero-order chi connectivity index (χ0) is 22.3. The second-order valence-corrected chi connectivity index (χ2v) is 8.96.